The molecule has 1 fully saturated rings. The molecule has 1 atom stereocenters. The van der Waals surface area contributed by atoms with E-state index >= 15 is 0 Å². The van der Waals surface area contributed by atoms with Crippen molar-refractivity contribution in [2.75, 3.05) is 31.7 Å². The van der Waals surface area contributed by atoms with E-state index in [0.29, 0.717) is 25.2 Å². The first-order valence-electron chi connectivity index (χ1n) is 6.41. The number of hydrogen-bond donors (Lipinski definition) is 1. The Morgan fingerprint density at radius 1 is 1.45 bits per heavy atom. The van der Waals surface area contributed by atoms with Crippen molar-refractivity contribution < 1.29 is 18.7 Å². The summed E-state index contributed by atoms with van der Waals surface area (Å²) < 4.78 is 17.6. The molecule has 0 aliphatic carbocycles. The number of nitrogens with zero attached hydrogens (tertiary/aromatic N) is 1. The third-order valence-corrected chi connectivity index (χ3v) is 3.21. The van der Waals surface area contributed by atoms with Crippen LogP contribution in [-0.2, 0) is 14.3 Å². The van der Waals surface area contributed by atoms with Crippen molar-refractivity contribution in [3.8, 4) is 0 Å². The van der Waals surface area contributed by atoms with Gasteiger partial charge in [-0.15, -0.1) is 0 Å². The predicted octanol–water partition coefficient (Wildman–Crippen LogP) is 0.941. The fourth-order valence-corrected chi connectivity index (χ4v) is 2.23. The lowest BCUT2D eigenvalue weighted by Crippen LogP contribution is -2.33. The van der Waals surface area contributed by atoms with Crippen molar-refractivity contribution in [1.29, 1.82) is 0 Å². The van der Waals surface area contributed by atoms with Crippen LogP contribution in [0.25, 0.3) is 0 Å². The minimum atomic E-state index is -0.330. The monoisotopic (exact) mass is 280 g/mol. The van der Waals surface area contributed by atoms with Gasteiger partial charge in [-0.05, 0) is 24.3 Å². The molecular weight excluding hydrogens is 263 g/mol. The Balaban J connectivity index is 1.90. The first-order valence-corrected chi connectivity index (χ1v) is 6.41. The van der Waals surface area contributed by atoms with Gasteiger partial charge in [0.15, 0.2) is 0 Å². The first kappa shape index (κ1) is 14.5. The molecule has 1 aromatic rings. The molecule has 0 bridgehead atoms. The quantitative estimate of drug-likeness (QED) is 0.873. The molecule has 1 aliphatic heterocycles. The maximum Gasteiger partial charge on any atom is 0.245 e. The number of carbonyl (C=O) groups is 2. The second-order valence-corrected chi connectivity index (χ2v) is 4.79. The molecule has 0 aromatic heterocycles. The van der Waals surface area contributed by atoms with Gasteiger partial charge in [-0.25, -0.2) is 4.39 Å². The number of hydrogen-bond acceptors (Lipinski definition) is 3. The topological polar surface area (TPSA) is 58.6 Å². The highest BCUT2D eigenvalue weighted by Gasteiger charge is 2.30. The standard InChI is InChI=1S/C14H17FN2O3/c1-20-9-13(18)16-7-10-6-14(19)17(8-10)12-4-2-11(15)3-5-12/h2-5,10H,6-9H2,1H3,(H,16,18)/t10-/m0/s1. The molecular formula is C14H17FN2O3. The lowest BCUT2D eigenvalue weighted by Gasteiger charge is -2.17. The van der Waals surface area contributed by atoms with Crippen molar-refractivity contribution >= 4 is 17.5 Å². The van der Waals surface area contributed by atoms with E-state index in [1.54, 1.807) is 17.0 Å². The molecule has 5 nitrogen and oxygen atoms in total. The van der Waals surface area contributed by atoms with Crippen LogP contribution in [0.2, 0.25) is 0 Å². The molecule has 6 heteroatoms. The van der Waals surface area contributed by atoms with Gasteiger partial charge in [-0.2, -0.15) is 0 Å². The van der Waals surface area contributed by atoms with Gasteiger partial charge in [0.2, 0.25) is 11.8 Å². The van der Waals surface area contributed by atoms with Crippen LogP contribution in [0.1, 0.15) is 6.42 Å². The van der Waals surface area contributed by atoms with E-state index in [2.05, 4.69) is 5.32 Å². The van der Waals surface area contributed by atoms with Crippen LogP contribution >= 0.6 is 0 Å². The van der Waals surface area contributed by atoms with E-state index < -0.39 is 0 Å². The molecule has 1 saturated heterocycles. The molecule has 0 saturated carbocycles. The van der Waals surface area contributed by atoms with Crippen molar-refractivity contribution in [3.63, 3.8) is 0 Å². The Kier molecular flexibility index (Phi) is 4.68. The minimum absolute atomic E-state index is 0.0115. The Morgan fingerprint density at radius 3 is 2.80 bits per heavy atom. The molecule has 2 rings (SSSR count). The molecule has 0 unspecified atom stereocenters. The van der Waals surface area contributed by atoms with Crippen LogP contribution in [0, 0.1) is 11.7 Å². The summed E-state index contributed by atoms with van der Waals surface area (Å²) in [5.41, 5.74) is 0.683. The number of nitrogens with one attached hydrogen (secondary N) is 1. The van der Waals surface area contributed by atoms with Crippen LogP contribution in [0.3, 0.4) is 0 Å². The summed E-state index contributed by atoms with van der Waals surface area (Å²) in [7, 11) is 1.45. The second kappa shape index (κ2) is 6.47. The average molecular weight is 280 g/mol. The van der Waals surface area contributed by atoms with Crippen LogP contribution in [0.15, 0.2) is 24.3 Å². The van der Waals surface area contributed by atoms with Gasteiger partial charge in [0.1, 0.15) is 12.4 Å². The van der Waals surface area contributed by atoms with Gasteiger partial charge in [-0.3, -0.25) is 9.59 Å². The summed E-state index contributed by atoms with van der Waals surface area (Å²) in [6, 6.07) is 5.82. The average Bonchev–Trinajstić information content (AvgIpc) is 2.79. The molecule has 2 amide bonds. The molecule has 108 valence electrons. The van der Waals surface area contributed by atoms with Crippen molar-refractivity contribution in [2.45, 2.75) is 6.42 Å². The summed E-state index contributed by atoms with van der Waals surface area (Å²) in [4.78, 5) is 24.8. The smallest absolute Gasteiger partial charge is 0.245 e. The van der Waals surface area contributed by atoms with Gasteiger partial charge >= 0.3 is 0 Å². The molecule has 0 spiro atoms. The van der Waals surface area contributed by atoms with Crippen molar-refractivity contribution in [3.05, 3.63) is 30.1 Å². The zero-order valence-electron chi connectivity index (χ0n) is 11.3. The van der Waals surface area contributed by atoms with E-state index in [0.717, 1.165) is 0 Å². The number of ether oxygens (including phenoxy) is 1. The molecule has 20 heavy (non-hydrogen) atoms. The normalized spacial score (nSPS) is 18.4. The summed E-state index contributed by atoms with van der Waals surface area (Å²) in [6.07, 6.45) is 0.380. The fourth-order valence-electron chi connectivity index (χ4n) is 2.23. The van der Waals surface area contributed by atoms with Gasteiger partial charge < -0.3 is 15.0 Å². The number of methoxy groups -OCH3 is 1. The number of amides is 2. The van der Waals surface area contributed by atoms with Crippen LogP contribution < -0.4 is 10.2 Å². The Bertz CT molecular complexity index is 490. The molecule has 1 aliphatic rings. The first-order chi connectivity index (χ1) is 9.60. The molecule has 1 N–H and O–H groups in total. The zero-order chi connectivity index (χ0) is 14.5. The molecule has 1 heterocycles. The molecule has 0 radical (unpaired) electrons. The minimum Gasteiger partial charge on any atom is -0.375 e. The number of carbonyl (C=O) groups excluding carboxylic acids is 2. The number of halogens is 1. The number of benzene rings is 1. The lowest BCUT2D eigenvalue weighted by molar-refractivity contribution is -0.125. The fraction of sp³-hybridized carbons (Fsp3) is 0.429. The van der Waals surface area contributed by atoms with E-state index in [1.807, 2.05) is 0 Å². The Hall–Kier alpha value is -1.95. The number of rotatable bonds is 5. The Morgan fingerprint density at radius 2 is 2.15 bits per heavy atom. The van der Waals surface area contributed by atoms with E-state index in [1.165, 1.54) is 19.2 Å². The van der Waals surface area contributed by atoms with Crippen molar-refractivity contribution in [2.24, 2.45) is 5.92 Å². The van der Waals surface area contributed by atoms with E-state index in [4.69, 9.17) is 4.74 Å². The van der Waals surface area contributed by atoms with Crippen LogP contribution in [0.4, 0.5) is 10.1 Å². The van der Waals surface area contributed by atoms with Gasteiger partial charge in [0.25, 0.3) is 0 Å². The van der Waals surface area contributed by atoms with Gasteiger partial charge in [0.05, 0.1) is 0 Å². The van der Waals surface area contributed by atoms with Crippen LogP contribution in [0.5, 0.6) is 0 Å². The Labute approximate surface area is 116 Å². The van der Waals surface area contributed by atoms with E-state index in [-0.39, 0.29) is 30.2 Å². The third-order valence-electron chi connectivity index (χ3n) is 3.21. The third kappa shape index (κ3) is 3.54. The summed E-state index contributed by atoms with van der Waals surface area (Å²) >= 11 is 0. The second-order valence-electron chi connectivity index (χ2n) is 4.79. The summed E-state index contributed by atoms with van der Waals surface area (Å²) in [6.45, 7) is 0.978. The summed E-state index contributed by atoms with van der Waals surface area (Å²) in [5.74, 6) is -0.472. The maximum absolute atomic E-state index is 12.9. The predicted molar refractivity (Wildman–Crippen MR) is 71.7 cm³/mol. The highest BCUT2D eigenvalue weighted by Crippen LogP contribution is 2.24. The van der Waals surface area contributed by atoms with Crippen molar-refractivity contribution in [1.82, 2.24) is 5.32 Å². The SMILES string of the molecule is COCC(=O)NC[C@@H]1CC(=O)N(c2ccc(F)cc2)C1. The lowest BCUT2D eigenvalue weighted by atomic mass is 10.1. The summed E-state index contributed by atoms with van der Waals surface area (Å²) in [5, 5.41) is 2.72. The molecule has 1 aromatic carbocycles. The highest BCUT2D eigenvalue weighted by molar-refractivity contribution is 5.95. The maximum atomic E-state index is 12.9. The van der Waals surface area contributed by atoms with E-state index in [9.17, 15) is 14.0 Å². The van der Waals surface area contributed by atoms with Gasteiger partial charge in [0, 0.05) is 38.2 Å². The number of anilines is 1. The zero-order valence-corrected chi connectivity index (χ0v) is 11.3. The van der Waals surface area contributed by atoms with Gasteiger partial charge in [-0.1, -0.05) is 0 Å². The largest absolute Gasteiger partial charge is 0.375 e. The highest BCUT2D eigenvalue weighted by atomic mass is 19.1. The van der Waals surface area contributed by atoms with Crippen LogP contribution in [-0.4, -0.2) is 38.6 Å².